The summed E-state index contributed by atoms with van der Waals surface area (Å²) in [6, 6.07) is 12.4. The molecule has 0 bridgehead atoms. The van der Waals surface area contributed by atoms with Gasteiger partial charge >= 0.3 is 0 Å². The predicted molar refractivity (Wildman–Crippen MR) is 112 cm³/mol. The Kier molecular flexibility index (Phi) is 8.70. The van der Waals surface area contributed by atoms with Crippen LogP contribution in [0.4, 0.5) is 4.39 Å². The van der Waals surface area contributed by atoms with E-state index in [4.69, 9.17) is 9.47 Å². The molecule has 29 heavy (non-hydrogen) atoms. The lowest BCUT2D eigenvalue weighted by Crippen LogP contribution is -2.30. The van der Waals surface area contributed by atoms with Crippen molar-refractivity contribution in [3.05, 3.63) is 54.3 Å². The van der Waals surface area contributed by atoms with Crippen molar-refractivity contribution in [3.63, 3.8) is 0 Å². The van der Waals surface area contributed by atoms with Crippen LogP contribution in [0.3, 0.4) is 0 Å². The summed E-state index contributed by atoms with van der Waals surface area (Å²) < 4.78 is 51.2. The van der Waals surface area contributed by atoms with Gasteiger partial charge in [-0.15, -0.1) is 12.4 Å². The zero-order valence-electron chi connectivity index (χ0n) is 16.2. The smallest absolute Gasteiger partial charge is 0.240 e. The van der Waals surface area contributed by atoms with E-state index in [0.29, 0.717) is 13.0 Å². The van der Waals surface area contributed by atoms with E-state index < -0.39 is 15.8 Å². The number of hydrogen-bond donors (Lipinski definition) is 1. The normalized spacial score (nSPS) is 17.0. The fourth-order valence-electron chi connectivity index (χ4n) is 3.20. The molecule has 0 spiro atoms. The zero-order valence-corrected chi connectivity index (χ0v) is 17.8. The molecule has 1 saturated heterocycles. The highest BCUT2D eigenvalue weighted by atomic mass is 35.5. The van der Waals surface area contributed by atoms with E-state index in [1.54, 1.807) is 7.11 Å². The molecule has 6 nitrogen and oxygen atoms in total. The Balaban J connectivity index is 0.00000300. The van der Waals surface area contributed by atoms with Gasteiger partial charge < -0.3 is 9.47 Å². The van der Waals surface area contributed by atoms with E-state index in [0.717, 1.165) is 49.7 Å². The summed E-state index contributed by atoms with van der Waals surface area (Å²) >= 11 is 0. The molecule has 2 aromatic rings. The van der Waals surface area contributed by atoms with Crippen LogP contribution < -0.4 is 14.2 Å². The number of ether oxygens (including phenoxy) is 2. The van der Waals surface area contributed by atoms with Crippen LogP contribution in [-0.2, 0) is 10.0 Å². The van der Waals surface area contributed by atoms with Gasteiger partial charge in [-0.1, -0.05) is 12.1 Å². The Morgan fingerprint density at radius 1 is 1.14 bits per heavy atom. The van der Waals surface area contributed by atoms with Gasteiger partial charge in [-0.05, 0) is 55.8 Å². The molecule has 1 unspecified atom stereocenters. The van der Waals surface area contributed by atoms with E-state index in [1.165, 1.54) is 12.1 Å². The number of para-hydroxylation sites is 2. The van der Waals surface area contributed by atoms with Crippen molar-refractivity contribution in [2.45, 2.75) is 23.8 Å². The second-order valence-electron chi connectivity index (χ2n) is 6.69. The summed E-state index contributed by atoms with van der Waals surface area (Å²) in [7, 11) is -1.98. The highest BCUT2D eigenvalue weighted by Gasteiger charge is 2.24. The van der Waals surface area contributed by atoms with Crippen LogP contribution >= 0.6 is 12.4 Å². The second kappa shape index (κ2) is 10.8. The van der Waals surface area contributed by atoms with Crippen LogP contribution in [0.1, 0.15) is 12.8 Å². The third-order valence-corrected chi connectivity index (χ3v) is 6.14. The number of methoxy groups -OCH3 is 1. The number of halogens is 2. The van der Waals surface area contributed by atoms with E-state index >= 15 is 0 Å². The van der Waals surface area contributed by atoms with Gasteiger partial charge in [0.25, 0.3) is 0 Å². The van der Waals surface area contributed by atoms with E-state index in [9.17, 15) is 12.8 Å². The van der Waals surface area contributed by atoms with Crippen LogP contribution in [0.25, 0.3) is 0 Å². The molecule has 1 N–H and O–H groups in total. The molecule has 9 heteroatoms. The second-order valence-corrected chi connectivity index (χ2v) is 8.45. The predicted octanol–water partition coefficient (Wildman–Crippen LogP) is 3.08. The first-order valence-electron chi connectivity index (χ1n) is 9.25. The maximum absolute atomic E-state index is 12.9. The Morgan fingerprint density at radius 2 is 1.83 bits per heavy atom. The molecule has 0 radical (unpaired) electrons. The number of hydrogen-bond acceptors (Lipinski definition) is 5. The van der Waals surface area contributed by atoms with Crippen molar-refractivity contribution in [2.75, 3.05) is 33.3 Å². The van der Waals surface area contributed by atoms with Crippen molar-refractivity contribution in [1.82, 2.24) is 9.62 Å². The number of likely N-dealkylation sites (tertiary alicyclic amines) is 1. The molecule has 0 amide bonds. The fourth-order valence-corrected chi connectivity index (χ4v) is 4.27. The highest BCUT2D eigenvalue weighted by molar-refractivity contribution is 7.89. The first-order chi connectivity index (χ1) is 13.5. The van der Waals surface area contributed by atoms with Crippen molar-refractivity contribution in [1.29, 1.82) is 0 Å². The van der Waals surface area contributed by atoms with Crippen molar-refractivity contribution >= 4 is 22.4 Å². The van der Waals surface area contributed by atoms with Crippen molar-refractivity contribution in [2.24, 2.45) is 0 Å². The average Bonchev–Trinajstić information content (AvgIpc) is 3.13. The largest absolute Gasteiger partial charge is 0.493 e. The van der Waals surface area contributed by atoms with Gasteiger partial charge in [-0.2, -0.15) is 0 Å². The molecule has 0 aliphatic carbocycles. The molecular formula is C20H26ClFN2O4S. The van der Waals surface area contributed by atoms with Crippen LogP contribution in [0.2, 0.25) is 0 Å². The zero-order chi connectivity index (χ0) is 20.0. The molecular weight excluding hydrogens is 419 g/mol. The molecule has 1 heterocycles. The van der Waals surface area contributed by atoms with Crippen molar-refractivity contribution in [3.8, 4) is 11.5 Å². The maximum Gasteiger partial charge on any atom is 0.240 e. The van der Waals surface area contributed by atoms with Crippen LogP contribution in [0.5, 0.6) is 11.5 Å². The summed E-state index contributed by atoms with van der Waals surface area (Å²) in [5.74, 6) is 0.998. The monoisotopic (exact) mass is 444 g/mol. The summed E-state index contributed by atoms with van der Waals surface area (Å²) in [6.45, 7) is 2.80. The average molecular weight is 445 g/mol. The molecule has 1 fully saturated rings. The van der Waals surface area contributed by atoms with E-state index in [2.05, 4.69) is 9.62 Å². The van der Waals surface area contributed by atoms with Gasteiger partial charge in [0.2, 0.25) is 10.0 Å². The fraction of sp³-hybridized carbons (Fsp3) is 0.400. The summed E-state index contributed by atoms with van der Waals surface area (Å²) in [5, 5.41) is 0. The van der Waals surface area contributed by atoms with Gasteiger partial charge in [0.1, 0.15) is 11.9 Å². The lowest BCUT2D eigenvalue weighted by molar-refractivity contribution is 0.192. The van der Waals surface area contributed by atoms with Crippen LogP contribution in [0.15, 0.2) is 53.4 Å². The number of benzene rings is 2. The van der Waals surface area contributed by atoms with E-state index in [1.807, 2.05) is 24.3 Å². The number of nitrogens with one attached hydrogen (secondary N) is 1. The molecule has 160 valence electrons. The van der Waals surface area contributed by atoms with Gasteiger partial charge in [-0.25, -0.2) is 17.5 Å². The Bertz CT molecular complexity index is 880. The lowest BCUT2D eigenvalue weighted by atomic mass is 10.3. The third kappa shape index (κ3) is 6.57. The molecule has 0 aromatic heterocycles. The van der Waals surface area contributed by atoms with Crippen molar-refractivity contribution < 1.29 is 22.3 Å². The summed E-state index contributed by atoms with van der Waals surface area (Å²) in [4.78, 5) is 2.33. The van der Waals surface area contributed by atoms with Gasteiger partial charge in [0, 0.05) is 19.6 Å². The lowest BCUT2D eigenvalue weighted by Gasteiger charge is -2.18. The SMILES string of the molecule is COc1ccccc1OC1CCN(CCCNS(=O)(=O)c2ccc(F)cc2)C1.Cl. The standard InChI is InChI=1S/C20H25FN2O4S.ClH/c1-26-19-5-2-3-6-20(19)27-17-11-14-23(15-17)13-4-12-22-28(24,25)18-9-7-16(21)8-10-18;/h2-3,5-10,17,22H,4,11-15H2,1H3;1H. The maximum atomic E-state index is 12.9. The molecule has 3 rings (SSSR count). The summed E-state index contributed by atoms with van der Waals surface area (Å²) in [6.07, 6.45) is 1.69. The number of nitrogens with zero attached hydrogens (tertiary/aromatic N) is 1. The Hall–Kier alpha value is -1.87. The Morgan fingerprint density at radius 3 is 2.52 bits per heavy atom. The van der Waals surface area contributed by atoms with E-state index in [-0.39, 0.29) is 23.4 Å². The first kappa shape index (κ1) is 23.4. The highest BCUT2D eigenvalue weighted by Crippen LogP contribution is 2.28. The van der Waals surface area contributed by atoms with Crippen LogP contribution in [-0.4, -0.2) is 52.7 Å². The molecule has 1 atom stereocenters. The first-order valence-corrected chi connectivity index (χ1v) is 10.7. The Labute approximate surface area is 177 Å². The molecule has 1 aliphatic heterocycles. The van der Waals surface area contributed by atoms with Gasteiger partial charge in [-0.3, -0.25) is 4.90 Å². The minimum absolute atomic E-state index is 0. The summed E-state index contributed by atoms with van der Waals surface area (Å²) in [5.41, 5.74) is 0. The van der Waals surface area contributed by atoms with Gasteiger partial charge in [0.05, 0.1) is 12.0 Å². The molecule has 2 aromatic carbocycles. The number of sulfonamides is 1. The quantitative estimate of drug-likeness (QED) is 0.602. The minimum atomic E-state index is -3.61. The topological polar surface area (TPSA) is 67.9 Å². The molecule has 1 aliphatic rings. The minimum Gasteiger partial charge on any atom is -0.493 e. The van der Waals surface area contributed by atoms with Gasteiger partial charge in [0.15, 0.2) is 11.5 Å². The molecule has 0 saturated carbocycles. The van der Waals surface area contributed by atoms with Crippen LogP contribution in [0, 0.1) is 5.82 Å². The number of rotatable bonds is 9. The third-order valence-electron chi connectivity index (χ3n) is 4.66.